The molecule has 1 aliphatic heterocycles. The molecule has 2 rings (SSSR count). The molecule has 0 radical (unpaired) electrons. The third-order valence-electron chi connectivity index (χ3n) is 3.53. The van der Waals surface area contributed by atoms with E-state index in [0.29, 0.717) is 19.6 Å². The maximum absolute atomic E-state index is 13.7. The molecule has 0 saturated carbocycles. The Balaban J connectivity index is 2.10. The summed E-state index contributed by atoms with van der Waals surface area (Å²) in [6.07, 6.45) is 0.820. The minimum absolute atomic E-state index is 0.236. The third-order valence-corrected chi connectivity index (χ3v) is 3.53. The Morgan fingerprint density at radius 1 is 1.30 bits per heavy atom. The average Bonchev–Trinajstić information content (AvgIpc) is 2.64. The fraction of sp³-hybridized carbons (Fsp3) is 0.500. The van der Waals surface area contributed by atoms with E-state index in [-0.39, 0.29) is 11.3 Å². The molecule has 0 atom stereocenters. The Labute approximate surface area is 117 Å². The van der Waals surface area contributed by atoms with Crippen LogP contribution in [0.5, 0.6) is 5.75 Å². The minimum atomic E-state index is -0.682. The van der Waals surface area contributed by atoms with Crippen LogP contribution in [0.25, 0.3) is 0 Å². The van der Waals surface area contributed by atoms with Gasteiger partial charge in [0.2, 0.25) is 0 Å². The maximum Gasteiger partial charge on any atom is 0.260 e. The number of phenols is 1. The zero-order chi connectivity index (χ0) is 14.5. The monoisotopic (exact) mass is 281 g/mol. The van der Waals surface area contributed by atoms with Crippen LogP contribution in [0, 0.1) is 5.82 Å². The topological polar surface area (TPSA) is 69.8 Å². The van der Waals surface area contributed by atoms with E-state index in [9.17, 15) is 14.3 Å². The zero-order valence-electron chi connectivity index (χ0n) is 11.4. The van der Waals surface area contributed by atoms with Gasteiger partial charge in [-0.2, -0.15) is 0 Å². The van der Waals surface area contributed by atoms with Crippen molar-refractivity contribution in [3.05, 3.63) is 29.6 Å². The maximum atomic E-state index is 13.7. The molecule has 0 aromatic heterocycles. The van der Waals surface area contributed by atoms with Gasteiger partial charge in [-0.3, -0.25) is 4.79 Å². The molecule has 1 aliphatic rings. The van der Waals surface area contributed by atoms with Gasteiger partial charge < -0.3 is 20.6 Å². The van der Waals surface area contributed by atoms with Gasteiger partial charge in [-0.25, -0.2) is 4.39 Å². The van der Waals surface area contributed by atoms with Crippen molar-refractivity contribution < 1.29 is 14.3 Å². The molecule has 1 aromatic carbocycles. The van der Waals surface area contributed by atoms with E-state index in [4.69, 9.17) is 5.73 Å². The lowest BCUT2D eigenvalue weighted by Gasteiger charge is -2.22. The number of aromatic hydroxyl groups is 1. The summed E-state index contributed by atoms with van der Waals surface area (Å²) >= 11 is 0. The number of amides is 1. The fourth-order valence-electron chi connectivity index (χ4n) is 2.46. The molecule has 0 unspecified atom stereocenters. The molecule has 1 amide bonds. The first-order valence-corrected chi connectivity index (χ1v) is 6.82. The first kappa shape index (κ1) is 14.7. The lowest BCUT2D eigenvalue weighted by Crippen LogP contribution is -2.36. The molecule has 0 spiro atoms. The number of carbonyl (C=O) groups is 1. The van der Waals surface area contributed by atoms with E-state index in [1.54, 1.807) is 4.90 Å². The second kappa shape index (κ2) is 6.67. The first-order chi connectivity index (χ1) is 9.63. The Bertz CT molecular complexity index is 461. The average molecular weight is 281 g/mol. The van der Waals surface area contributed by atoms with Gasteiger partial charge in [0.05, 0.1) is 0 Å². The highest BCUT2D eigenvalue weighted by atomic mass is 19.1. The van der Waals surface area contributed by atoms with Gasteiger partial charge in [0.15, 0.2) is 0 Å². The SMILES string of the molecule is NCCN1CCCN(C(=O)c2c(O)cccc2F)CC1. The van der Waals surface area contributed by atoms with Crippen LogP contribution in [0.2, 0.25) is 0 Å². The number of benzene rings is 1. The summed E-state index contributed by atoms with van der Waals surface area (Å²) in [4.78, 5) is 16.1. The van der Waals surface area contributed by atoms with Crippen molar-refractivity contribution in [2.45, 2.75) is 6.42 Å². The predicted octanol–water partition coefficient (Wildman–Crippen LogP) is 0.638. The summed E-state index contributed by atoms with van der Waals surface area (Å²) < 4.78 is 13.7. The highest BCUT2D eigenvalue weighted by Gasteiger charge is 2.24. The van der Waals surface area contributed by atoms with Gasteiger partial charge in [0, 0.05) is 32.7 Å². The van der Waals surface area contributed by atoms with E-state index >= 15 is 0 Å². The third kappa shape index (κ3) is 3.26. The van der Waals surface area contributed by atoms with Gasteiger partial charge >= 0.3 is 0 Å². The first-order valence-electron chi connectivity index (χ1n) is 6.82. The molecule has 1 aromatic rings. The van der Waals surface area contributed by atoms with Crippen LogP contribution >= 0.6 is 0 Å². The van der Waals surface area contributed by atoms with Crippen LogP contribution in [0.3, 0.4) is 0 Å². The standard InChI is InChI=1S/C14H20FN3O2/c15-11-3-1-4-12(19)13(11)14(20)18-7-2-6-17(8-5-16)9-10-18/h1,3-4,19H,2,5-10,16H2. The van der Waals surface area contributed by atoms with Gasteiger partial charge in [-0.05, 0) is 25.1 Å². The summed E-state index contributed by atoms with van der Waals surface area (Å²) in [6, 6.07) is 3.90. The van der Waals surface area contributed by atoms with Crippen molar-refractivity contribution in [3.63, 3.8) is 0 Å². The number of hydrogen-bond donors (Lipinski definition) is 2. The molecule has 3 N–H and O–H groups in total. The molecule has 20 heavy (non-hydrogen) atoms. The van der Waals surface area contributed by atoms with Crippen LogP contribution in [0.1, 0.15) is 16.8 Å². The quantitative estimate of drug-likeness (QED) is 0.853. The van der Waals surface area contributed by atoms with Crippen LogP contribution in [0.4, 0.5) is 4.39 Å². The van der Waals surface area contributed by atoms with Gasteiger partial charge in [-0.15, -0.1) is 0 Å². The van der Waals surface area contributed by atoms with Crippen molar-refractivity contribution >= 4 is 5.91 Å². The van der Waals surface area contributed by atoms with Gasteiger partial charge in [0.1, 0.15) is 17.1 Å². The number of nitrogens with zero attached hydrogens (tertiary/aromatic N) is 2. The highest BCUT2D eigenvalue weighted by Crippen LogP contribution is 2.22. The van der Waals surface area contributed by atoms with E-state index in [0.717, 1.165) is 26.1 Å². The number of phenolic OH excluding ortho intramolecular Hbond substituents is 1. The van der Waals surface area contributed by atoms with Crippen LogP contribution in [0.15, 0.2) is 18.2 Å². The van der Waals surface area contributed by atoms with Crippen molar-refractivity contribution in [1.82, 2.24) is 9.80 Å². The van der Waals surface area contributed by atoms with Crippen molar-refractivity contribution in [2.75, 3.05) is 39.3 Å². The van der Waals surface area contributed by atoms with Crippen molar-refractivity contribution in [3.8, 4) is 5.75 Å². The lowest BCUT2D eigenvalue weighted by molar-refractivity contribution is 0.0753. The van der Waals surface area contributed by atoms with Crippen LogP contribution in [-0.4, -0.2) is 60.1 Å². The van der Waals surface area contributed by atoms with E-state index < -0.39 is 11.7 Å². The van der Waals surface area contributed by atoms with Crippen LogP contribution < -0.4 is 5.73 Å². The van der Waals surface area contributed by atoms with E-state index in [1.165, 1.54) is 18.2 Å². The molecule has 6 heteroatoms. The second-order valence-electron chi connectivity index (χ2n) is 4.91. The molecule has 5 nitrogen and oxygen atoms in total. The largest absolute Gasteiger partial charge is 0.507 e. The lowest BCUT2D eigenvalue weighted by atomic mass is 10.1. The molecule has 1 saturated heterocycles. The smallest absolute Gasteiger partial charge is 0.260 e. The Hall–Kier alpha value is -1.66. The molecular formula is C14H20FN3O2. The Morgan fingerprint density at radius 2 is 2.10 bits per heavy atom. The van der Waals surface area contributed by atoms with Crippen molar-refractivity contribution in [2.24, 2.45) is 5.73 Å². The molecule has 1 fully saturated rings. The second-order valence-corrected chi connectivity index (χ2v) is 4.91. The number of hydrogen-bond acceptors (Lipinski definition) is 4. The minimum Gasteiger partial charge on any atom is -0.507 e. The number of rotatable bonds is 3. The number of nitrogens with two attached hydrogens (primary N) is 1. The molecule has 1 heterocycles. The van der Waals surface area contributed by atoms with Crippen molar-refractivity contribution in [1.29, 1.82) is 0 Å². The zero-order valence-corrected chi connectivity index (χ0v) is 11.4. The Kier molecular flexibility index (Phi) is 4.92. The predicted molar refractivity (Wildman–Crippen MR) is 74.1 cm³/mol. The summed E-state index contributed by atoms with van der Waals surface area (Å²) in [7, 11) is 0. The highest BCUT2D eigenvalue weighted by molar-refractivity contribution is 5.97. The normalized spacial score (nSPS) is 17.0. The number of carbonyl (C=O) groups excluding carboxylic acids is 1. The van der Waals surface area contributed by atoms with Gasteiger partial charge in [-0.1, -0.05) is 6.07 Å². The molecular weight excluding hydrogens is 261 g/mol. The summed E-state index contributed by atoms with van der Waals surface area (Å²) in [5.41, 5.74) is 5.29. The Morgan fingerprint density at radius 3 is 2.80 bits per heavy atom. The van der Waals surface area contributed by atoms with Gasteiger partial charge in [0.25, 0.3) is 5.91 Å². The van der Waals surface area contributed by atoms with E-state index in [1.807, 2.05) is 0 Å². The van der Waals surface area contributed by atoms with Crippen LogP contribution in [-0.2, 0) is 0 Å². The summed E-state index contributed by atoms with van der Waals surface area (Å²) in [6.45, 7) is 4.07. The molecule has 0 aliphatic carbocycles. The summed E-state index contributed by atoms with van der Waals surface area (Å²) in [5.74, 6) is -1.44. The molecule has 0 bridgehead atoms. The summed E-state index contributed by atoms with van der Waals surface area (Å²) in [5, 5.41) is 9.68. The number of halogens is 1. The molecule has 110 valence electrons. The van der Waals surface area contributed by atoms with E-state index in [2.05, 4.69) is 4.90 Å². The fourth-order valence-corrected chi connectivity index (χ4v) is 2.46.